The SMILES string of the molecule is CC(C)N(C(C)C)P(=S)([C-]=[N+]=N[P+](N(C(C)C)C(C)C)(N(C(C)C)C(C)C)C(c1ccccc1)(c1ccccc1)c1ccccc1)N(C(C)C)C(C)C.F[P-](F)(F)(F)(F)F. The van der Waals surface area contributed by atoms with E-state index in [4.69, 9.17) is 21.5 Å². The molecule has 0 saturated carbocycles. The molecular formula is C44H71F6N6P3S. The molecule has 0 aliphatic carbocycles. The van der Waals surface area contributed by atoms with Crippen LogP contribution >= 0.6 is 21.9 Å². The molecule has 3 aromatic rings. The summed E-state index contributed by atoms with van der Waals surface area (Å²) >= 11 is 6.93. The maximum absolute atomic E-state index is 10.7. The number of rotatable bonds is 18. The van der Waals surface area contributed by atoms with Crippen LogP contribution in [0, 0.1) is 0 Å². The number of hydrogen-bond acceptors (Lipinski definition) is 4. The Morgan fingerprint density at radius 1 is 0.500 bits per heavy atom. The Morgan fingerprint density at radius 2 is 0.733 bits per heavy atom. The molecule has 16 heteroatoms. The Kier molecular flexibility index (Phi) is 18.2. The van der Waals surface area contributed by atoms with Gasteiger partial charge in [-0.25, -0.2) is 0 Å². The van der Waals surface area contributed by atoms with Crippen molar-refractivity contribution in [3.63, 3.8) is 0 Å². The first kappa shape index (κ1) is 54.1. The van der Waals surface area contributed by atoms with E-state index in [1.54, 1.807) is 0 Å². The fraction of sp³-hybridized carbons (Fsp3) is 0.568. The van der Waals surface area contributed by atoms with E-state index in [0.29, 0.717) is 0 Å². The Bertz CT molecular complexity index is 1710. The van der Waals surface area contributed by atoms with Crippen LogP contribution < -0.4 is 0 Å². The Hall–Kier alpha value is -2.03. The summed E-state index contributed by atoms with van der Waals surface area (Å²) in [5, 5.41) is -0.751. The van der Waals surface area contributed by atoms with Gasteiger partial charge in [0.2, 0.25) is 10.0 Å². The van der Waals surface area contributed by atoms with Crippen LogP contribution in [0.25, 0.3) is 0 Å². The second kappa shape index (κ2) is 20.2. The van der Waals surface area contributed by atoms with E-state index in [9.17, 15) is 25.2 Å². The molecular weight excluding hydrogens is 852 g/mol. The van der Waals surface area contributed by atoms with Gasteiger partial charge in [0.25, 0.3) is 0 Å². The predicted molar refractivity (Wildman–Crippen MR) is 250 cm³/mol. The molecule has 0 unspecified atom stereocenters. The summed E-state index contributed by atoms with van der Waals surface area (Å²) in [6.07, 6.45) is -2.70. The molecule has 0 bridgehead atoms. The van der Waals surface area contributed by atoms with Gasteiger partial charge < -0.3 is 0 Å². The van der Waals surface area contributed by atoms with Crippen molar-refractivity contribution < 1.29 is 30.0 Å². The van der Waals surface area contributed by atoms with Gasteiger partial charge in [-0.05, 0) is 111 Å². The van der Waals surface area contributed by atoms with Gasteiger partial charge in [-0.1, -0.05) is 103 Å². The molecule has 0 saturated heterocycles. The summed E-state index contributed by atoms with van der Waals surface area (Å²) in [4.78, 5) is 11.4. The molecule has 0 aliphatic heterocycles. The van der Waals surface area contributed by atoms with Crippen LogP contribution in [0.4, 0.5) is 25.2 Å². The molecule has 6 nitrogen and oxygen atoms in total. The zero-order valence-electron chi connectivity index (χ0n) is 38.5. The van der Waals surface area contributed by atoms with Gasteiger partial charge in [-0.2, -0.15) is 0 Å². The van der Waals surface area contributed by atoms with Crippen LogP contribution in [0.5, 0.6) is 0 Å². The Labute approximate surface area is 363 Å². The summed E-state index contributed by atoms with van der Waals surface area (Å²) in [6, 6.07) is 34.6. The quantitative estimate of drug-likeness (QED) is 0.0242. The predicted octanol–water partition coefficient (Wildman–Crippen LogP) is 15.5. The van der Waals surface area contributed by atoms with Gasteiger partial charge in [0.05, 0.1) is 5.96 Å². The summed E-state index contributed by atoms with van der Waals surface area (Å²) < 4.78 is 69.6. The van der Waals surface area contributed by atoms with Crippen molar-refractivity contribution in [2.75, 3.05) is 0 Å². The Morgan fingerprint density at radius 3 is 0.933 bits per heavy atom. The van der Waals surface area contributed by atoms with Gasteiger partial charge >= 0.3 is 40.7 Å². The van der Waals surface area contributed by atoms with Gasteiger partial charge in [0.15, 0.2) is 0 Å². The van der Waals surface area contributed by atoms with E-state index in [1.165, 1.54) is 16.7 Å². The monoisotopic (exact) mass is 922 g/mol. The third-order valence-corrected chi connectivity index (χ3v) is 19.8. The third-order valence-electron chi connectivity index (χ3n) is 9.87. The van der Waals surface area contributed by atoms with Crippen molar-refractivity contribution in [1.29, 1.82) is 0 Å². The molecule has 0 N–H and O–H groups in total. The summed E-state index contributed by atoms with van der Waals surface area (Å²) in [7, 11) is -13.7. The molecule has 3 rings (SSSR count). The maximum atomic E-state index is 9.87. The fourth-order valence-corrected chi connectivity index (χ4v) is 20.0. The van der Waals surface area contributed by atoms with E-state index >= 15 is 0 Å². The zero-order valence-corrected chi connectivity index (χ0v) is 42.0. The molecule has 0 amide bonds. The van der Waals surface area contributed by atoms with Crippen LogP contribution in [-0.2, 0) is 17.0 Å². The molecule has 3 aromatic carbocycles. The van der Waals surface area contributed by atoms with Gasteiger partial charge in [0, 0.05) is 71.4 Å². The van der Waals surface area contributed by atoms with Crippen molar-refractivity contribution in [1.82, 2.24) is 18.7 Å². The van der Waals surface area contributed by atoms with Crippen molar-refractivity contribution in [2.24, 2.45) is 4.88 Å². The van der Waals surface area contributed by atoms with Crippen molar-refractivity contribution >= 4 is 39.6 Å². The van der Waals surface area contributed by atoms with Gasteiger partial charge in [-0.3, -0.25) is 9.34 Å². The van der Waals surface area contributed by atoms with E-state index in [0.717, 1.165) is 0 Å². The molecule has 0 spiro atoms. The summed E-state index contributed by atoms with van der Waals surface area (Å²) in [5.74, 6) is 3.78. The number of halogens is 6. The van der Waals surface area contributed by atoms with Crippen molar-refractivity contribution in [3.8, 4) is 0 Å². The van der Waals surface area contributed by atoms with Crippen LogP contribution in [0.1, 0.15) is 127 Å². The fourth-order valence-electron chi connectivity index (χ4n) is 8.97. The number of nitrogens with zero attached hydrogens (tertiary/aromatic N) is 6. The minimum absolute atomic E-state index is 0.131. The molecule has 0 atom stereocenters. The molecule has 0 aliphatic rings. The van der Waals surface area contributed by atoms with E-state index in [1.807, 2.05) is 0 Å². The van der Waals surface area contributed by atoms with Crippen LogP contribution in [0.3, 0.4) is 0 Å². The normalized spacial score (nSPS) is 14.6. The molecule has 0 heterocycles. The minimum atomic E-state index is -10.7. The van der Waals surface area contributed by atoms with Crippen molar-refractivity contribution in [2.45, 2.75) is 164 Å². The second-order valence-electron chi connectivity index (χ2n) is 17.4. The second-order valence-corrected chi connectivity index (χ2v) is 26.0. The Balaban J connectivity index is 0.00000162. The molecule has 0 fully saturated rings. The van der Waals surface area contributed by atoms with Crippen LogP contribution in [0.15, 0.2) is 95.9 Å². The molecule has 0 radical (unpaired) electrons. The van der Waals surface area contributed by atoms with Gasteiger partial charge in [-0.15, -0.1) is 14.1 Å². The number of benzene rings is 3. The standard InChI is InChI=1S/C44H71N6P2S.F6P/c1-33(2)47(34(3)4)51(53,48(35(5)6)36(7)8)32-45-46-52(49(37(9)10)38(11)12,50(39(13)14)40(15)16)44(41-26-20-17-21-27-41,42-28-22-18-23-29-42)43-30-24-19-25-31-43;1-7(2,3,4,5)6/h17-31,33-40H,1-16H3;/q+1;-1. The first-order chi connectivity index (χ1) is 27.3. The third kappa shape index (κ3) is 13.3. The summed E-state index contributed by atoms with van der Waals surface area (Å²) in [6.45, 7) is 36.6. The average Bonchev–Trinajstić information content (AvgIpc) is 3.07. The summed E-state index contributed by atoms with van der Waals surface area (Å²) in [5.41, 5.74) is 3.58. The molecule has 60 heavy (non-hydrogen) atoms. The number of hydrogen-bond donors (Lipinski definition) is 0. The molecule has 340 valence electrons. The topological polar surface area (TPSA) is 39.4 Å². The zero-order chi connectivity index (χ0) is 46.3. The molecule has 0 aromatic heterocycles. The first-order valence-electron chi connectivity index (χ1n) is 20.9. The average molecular weight is 923 g/mol. The first-order valence-corrected chi connectivity index (χ1v) is 27.2. The van der Waals surface area contributed by atoms with E-state index < -0.39 is 27.0 Å². The van der Waals surface area contributed by atoms with Gasteiger partial charge in [0.1, 0.15) is 0 Å². The van der Waals surface area contributed by atoms with E-state index in [-0.39, 0.29) is 48.3 Å². The van der Waals surface area contributed by atoms with E-state index in [2.05, 4.69) is 226 Å². The van der Waals surface area contributed by atoms with Crippen LogP contribution in [-0.4, -0.2) is 77.8 Å². The van der Waals surface area contributed by atoms with Crippen molar-refractivity contribution in [3.05, 3.63) is 108 Å². The van der Waals surface area contributed by atoms with Crippen LogP contribution in [0.2, 0.25) is 0 Å².